The minimum absolute atomic E-state index is 0.151. The quantitative estimate of drug-likeness (QED) is 0.173. The van der Waals surface area contributed by atoms with Crippen LogP contribution in [0.25, 0.3) is 0 Å². The van der Waals surface area contributed by atoms with Crippen LogP contribution < -0.4 is 21.7 Å². The summed E-state index contributed by atoms with van der Waals surface area (Å²) in [4.78, 5) is 49.3. The number of Topliss-reactive ketones (excluding diaryl/α,β-unsaturated/α-hetero) is 1. The standard InChI is InChI=1S/C30H34N6O4/c1-19(21-10-6-5-7-11-21)18-30(3,4)28(39)33-23-13-8-12-22(16-23)32-27(38)26(20(2)37)36-35-25-15-9-14-24(17-25)34-29(31)40/h5-17,19,26H,18H2,1-4H3,(H,32,38)(H,33,39)(H3,31,34,40). The van der Waals surface area contributed by atoms with Crippen LogP contribution in [0.5, 0.6) is 0 Å². The summed E-state index contributed by atoms with van der Waals surface area (Å²) < 4.78 is 0. The molecule has 0 spiro atoms. The van der Waals surface area contributed by atoms with Crippen molar-refractivity contribution in [3.8, 4) is 0 Å². The Morgan fingerprint density at radius 3 is 2.05 bits per heavy atom. The van der Waals surface area contributed by atoms with E-state index in [1.807, 2.05) is 32.0 Å². The number of rotatable bonds is 11. The van der Waals surface area contributed by atoms with E-state index in [1.54, 1.807) is 42.5 Å². The van der Waals surface area contributed by atoms with Gasteiger partial charge in [-0.15, -0.1) is 0 Å². The number of benzene rings is 3. The summed E-state index contributed by atoms with van der Waals surface area (Å²) in [5, 5.41) is 15.9. The van der Waals surface area contributed by atoms with Gasteiger partial charge < -0.3 is 21.7 Å². The number of nitrogens with one attached hydrogen (secondary N) is 3. The molecule has 3 rings (SSSR count). The van der Waals surface area contributed by atoms with Crippen LogP contribution in [0.2, 0.25) is 0 Å². The number of hydrogen-bond acceptors (Lipinski definition) is 6. The largest absolute Gasteiger partial charge is 0.351 e. The number of nitrogens with zero attached hydrogens (tertiary/aromatic N) is 2. The van der Waals surface area contributed by atoms with E-state index in [-0.39, 0.29) is 11.8 Å². The molecular formula is C30H34N6O4. The first-order chi connectivity index (χ1) is 18.9. The number of ketones is 1. The van der Waals surface area contributed by atoms with Crippen LogP contribution in [-0.4, -0.2) is 29.7 Å². The summed E-state index contributed by atoms with van der Waals surface area (Å²) >= 11 is 0. The van der Waals surface area contributed by atoms with Crippen LogP contribution in [0.4, 0.5) is 27.5 Å². The first kappa shape index (κ1) is 29.7. The van der Waals surface area contributed by atoms with Crippen molar-refractivity contribution in [2.45, 2.75) is 46.1 Å². The second kappa shape index (κ2) is 13.3. The highest BCUT2D eigenvalue weighted by molar-refractivity contribution is 6.10. The molecule has 0 radical (unpaired) electrons. The number of azo groups is 1. The van der Waals surface area contributed by atoms with Gasteiger partial charge in [0.05, 0.1) is 5.69 Å². The van der Waals surface area contributed by atoms with Crippen molar-refractivity contribution in [1.82, 2.24) is 0 Å². The average molecular weight is 543 g/mol. The molecule has 3 aromatic carbocycles. The molecule has 4 amide bonds. The summed E-state index contributed by atoms with van der Waals surface area (Å²) in [5.74, 6) is -1.15. The van der Waals surface area contributed by atoms with E-state index in [0.717, 1.165) is 0 Å². The lowest BCUT2D eigenvalue weighted by Crippen LogP contribution is -2.32. The number of anilines is 3. The number of carbonyl (C=O) groups is 4. The molecular weight excluding hydrogens is 508 g/mol. The Morgan fingerprint density at radius 1 is 0.825 bits per heavy atom. The normalized spacial score (nSPS) is 12.8. The van der Waals surface area contributed by atoms with E-state index in [9.17, 15) is 19.2 Å². The average Bonchev–Trinajstić information content (AvgIpc) is 2.89. The second-order valence-electron chi connectivity index (χ2n) is 10.2. The van der Waals surface area contributed by atoms with E-state index in [2.05, 4.69) is 45.2 Å². The molecule has 2 atom stereocenters. The molecule has 10 nitrogen and oxygen atoms in total. The maximum Gasteiger partial charge on any atom is 0.316 e. The lowest BCUT2D eigenvalue weighted by molar-refractivity contribution is -0.126. The smallest absolute Gasteiger partial charge is 0.316 e. The zero-order valence-electron chi connectivity index (χ0n) is 23.0. The van der Waals surface area contributed by atoms with Crippen LogP contribution in [0.1, 0.15) is 45.6 Å². The molecule has 5 N–H and O–H groups in total. The lowest BCUT2D eigenvalue weighted by atomic mass is 9.80. The van der Waals surface area contributed by atoms with Crippen molar-refractivity contribution in [2.75, 3.05) is 16.0 Å². The summed E-state index contributed by atoms with van der Waals surface area (Å²) in [7, 11) is 0. The van der Waals surface area contributed by atoms with Crippen LogP contribution in [0.15, 0.2) is 89.1 Å². The number of urea groups is 1. The van der Waals surface area contributed by atoms with Gasteiger partial charge >= 0.3 is 6.03 Å². The highest BCUT2D eigenvalue weighted by Crippen LogP contribution is 2.33. The Morgan fingerprint density at radius 2 is 1.43 bits per heavy atom. The van der Waals surface area contributed by atoms with Gasteiger partial charge in [-0.3, -0.25) is 14.4 Å². The molecule has 0 bridgehead atoms. The van der Waals surface area contributed by atoms with E-state index >= 15 is 0 Å². The molecule has 0 saturated carbocycles. The highest BCUT2D eigenvalue weighted by atomic mass is 16.2. The van der Waals surface area contributed by atoms with Crippen molar-refractivity contribution in [1.29, 1.82) is 0 Å². The van der Waals surface area contributed by atoms with E-state index in [0.29, 0.717) is 29.2 Å². The van der Waals surface area contributed by atoms with E-state index < -0.39 is 29.2 Å². The van der Waals surface area contributed by atoms with Gasteiger partial charge in [-0.2, -0.15) is 10.2 Å². The predicted molar refractivity (Wildman–Crippen MR) is 156 cm³/mol. The molecule has 0 heterocycles. The summed E-state index contributed by atoms with van der Waals surface area (Å²) in [5.41, 5.74) is 7.23. The molecule has 0 aromatic heterocycles. The maximum atomic E-state index is 13.1. The molecule has 2 unspecified atom stereocenters. The van der Waals surface area contributed by atoms with Gasteiger partial charge in [0.25, 0.3) is 5.91 Å². The zero-order valence-corrected chi connectivity index (χ0v) is 23.0. The topological polar surface area (TPSA) is 155 Å². The molecule has 3 aromatic rings. The van der Waals surface area contributed by atoms with Gasteiger partial charge in [-0.1, -0.05) is 63.2 Å². The summed E-state index contributed by atoms with van der Waals surface area (Å²) in [6.45, 7) is 7.13. The van der Waals surface area contributed by atoms with Crippen LogP contribution >= 0.6 is 0 Å². The van der Waals surface area contributed by atoms with Gasteiger partial charge in [0.15, 0.2) is 5.78 Å². The third-order valence-electron chi connectivity index (χ3n) is 6.22. The lowest BCUT2D eigenvalue weighted by Gasteiger charge is -2.27. The van der Waals surface area contributed by atoms with Crippen molar-refractivity contribution in [2.24, 2.45) is 21.4 Å². The van der Waals surface area contributed by atoms with Crippen LogP contribution in [0.3, 0.4) is 0 Å². The van der Waals surface area contributed by atoms with Gasteiger partial charge in [0.2, 0.25) is 11.9 Å². The maximum absolute atomic E-state index is 13.1. The van der Waals surface area contributed by atoms with Crippen molar-refractivity contribution in [3.05, 3.63) is 84.4 Å². The Labute approximate surface area is 233 Å². The fraction of sp³-hybridized carbons (Fsp3) is 0.267. The fourth-order valence-corrected chi connectivity index (χ4v) is 4.17. The van der Waals surface area contributed by atoms with Gasteiger partial charge in [-0.05, 0) is 61.2 Å². The fourth-order valence-electron chi connectivity index (χ4n) is 4.17. The third-order valence-corrected chi connectivity index (χ3v) is 6.22. The highest BCUT2D eigenvalue weighted by Gasteiger charge is 2.30. The monoisotopic (exact) mass is 542 g/mol. The first-order valence-corrected chi connectivity index (χ1v) is 12.8. The molecule has 0 aliphatic carbocycles. The molecule has 40 heavy (non-hydrogen) atoms. The molecule has 10 heteroatoms. The van der Waals surface area contributed by atoms with Crippen molar-refractivity contribution in [3.63, 3.8) is 0 Å². The number of primary amides is 1. The van der Waals surface area contributed by atoms with Crippen LogP contribution in [-0.2, 0) is 14.4 Å². The SMILES string of the molecule is CC(=O)C(N=Nc1cccc(NC(N)=O)c1)C(=O)Nc1cccc(NC(=O)C(C)(C)CC(C)c2ccccc2)c1. The Bertz CT molecular complexity index is 1400. The van der Waals surface area contributed by atoms with E-state index in [1.165, 1.54) is 18.6 Å². The van der Waals surface area contributed by atoms with E-state index in [4.69, 9.17) is 5.73 Å². The Balaban J connectivity index is 1.66. The molecule has 0 saturated heterocycles. The molecule has 0 aliphatic rings. The minimum Gasteiger partial charge on any atom is -0.351 e. The molecule has 0 fully saturated rings. The Hall–Kier alpha value is -4.86. The molecule has 208 valence electrons. The first-order valence-electron chi connectivity index (χ1n) is 12.8. The van der Waals surface area contributed by atoms with Crippen molar-refractivity contribution < 1.29 is 19.2 Å². The Kier molecular flexibility index (Phi) is 9.86. The van der Waals surface area contributed by atoms with Gasteiger partial charge in [-0.25, -0.2) is 4.79 Å². The summed E-state index contributed by atoms with van der Waals surface area (Å²) in [6, 6.07) is 20.9. The minimum atomic E-state index is -1.40. The zero-order chi connectivity index (χ0) is 29.3. The van der Waals surface area contributed by atoms with Gasteiger partial charge in [0.1, 0.15) is 0 Å². The molecule has 0 aliphatic heterocycles. The number of nitrogens with two attached hydrogens (primary N) is 1. The van der Waals surface area contributed by atoms with Crippen LogP contribution in [0, 0.1) is 5.41 Å². The summed E-state index contributed by atoms with van der Waals surface area (Å²) in [6.07, 6.45) is 0.645. The second-order valence-corrected chi connectivity index (χ2v) is 10.2. The predicted octanol–water partition coefficient (Wildman–Crippen LogP) is 6.02. The third kappa shape index (κ3) is 8.59. The number of carbonyl (C=O) groups excluding carboxylic acids is 4. The number of amides is 4. The van der Waals surface area contributed by atoms with Crippen molar-refractivity contribution >= 4 is 46.4 Å². The van der Waals surface area contributed by atoms with Gasteiger partial charge in [0, 0.05) is 22.5 Å². The number of hydrogen-bond donors (Lipinski definition) is 4.